The Kier molecular flexibility index (Phi) is 3.68. The first-order valence-corrected chi connectivity index (χ1v) is 6.78. The molecule has 1 aliphatic rings. The summed E-state index contributed by atoms with van der Waals surface area (Å²) in [5, 5.41) is 19.3. The highest BCUT2D eigenvalue weighted by molar-refractivity contribution is 5.85. The lowest BCUT2D eigenvalue weighted by Crippen LogP contribution is -2.09. The number of aromatic nitrogens is 2. The molecule has 1 aromatic carbocycles. The number of fused-ring (bicyclic) bond motifs is 1. The molecule has 2 N–H and O–H groups in total. The summed E-state index contributed by atoms with van der Waals surface area (Å²) in [6.45, 7) is 1.48. The summed E-state index contributed by atoms with van der Waals surface area (Å²) in [5.41, 5.74) is 2.44. The van der Waals surface area contributed by atoms with Gasteiger partial charge in [0, 0.05) is 13.0 Å². The molecule has 6 heteroatoms. The molecule has 3 rings (SSSR count). The lowest BCUT2D eigenvalue weighted by molar-refractivity contribution is 0.0689. The van der Waals surface area contributed by atoms with Crippen molar-refractivity contribution >= 4 is 11.8 Å². The van der Waals surface area contributed by atoms with Crippen molar-refractivity contribution in [2.24, 2.45) is 0 Å². The van der Waals surface area contributed by atoms with Crippen LogP contribution in [-0.4, -0.2) is 34.4 Å². The fourth-order valence-corrected chi connectivity index (χ4v) is 2.27. The minimum Gasteiger partial charge on any atom is -0.493 e. The van der Waals surface area contributed by atoms with Crippen LogP contribution >= 0.6 is 0 Å². The van der Waals surface area contributed by atoms with Crippen LogP contribution in [0.2, 0.25) is 0 Å². The van der Waals surface area contributed by atoms with Gasteiger partial charge in [-0.25, -0.2) is 4.79 Å². The molecule has 0 amide bonds. The van der Waals surface area contributed by atoms with Crippen LogP contribution in [0.5, 0.6) is 5.75 Å². The Balaban J connectivity index is 1.55. The number of aromatic carboxylic acids is 1. The van der Waals surface area contributed by atoms with Crippen LogP contribution in [0.4, 0.5) is 5.82 Å². The minimum atomic E-state index is -1.07. The number of hydrogen-bond donors (Lipinski definition) is 2. The van der Waals surface area contributed by atoms with E-state index in [-0.39, 0.29) is 5.69 Å². The molecule has 0 saturated carbocycles. The summed E-state index contributed by atoms with van der Waals surface area (Å²) in [6.07, 6.45) is 1.83. The Morgan fingerprint density at radius 1 is 1.29 bits per heavy atom. The Morgan fingerprint density at radius 2 is 2.19 bits per heavy atom. The zero-order valence-corrected chi connectivity index (χ0v) is 11.4. The van der Waals surface area contributed by atoms with Gasteiger partial charge in [0.15, 0.2) is 5.69 Å². The van der Waals surface area contributed by atoms with Crippen LogP contribution in [0, 0.1) is 0 Å². The molecule has 21 heavy (non-hydrogen) atoms. The van der Waals surface area contributed by atoms with Crippen LogP contribution in [0.1, 0.15) is 21.6 Å². The maximum Gasteiger partial charge on any atom is 0.356 e. The van der Waals surface area contributed by atoms with Gasteiger partial charge in [0.2, 0.25) is 0 Å². The van der Waals surface area contributed by atoms with Gasteiger partial charge in [0.05, 0.1) is 6.61 Å². The van der Waals surface area contributed by atoms with Gasteiger partial charge >= 0.3 is 5.97 Å². The Morgan fingerprint density at radius 3 is 2.95 bits per heavy atom. The average molecular weight is 285 g/mol. The van der Waals surface area contributed by atoms with E-state index in [1.54, 1.807) is 6.07 Å². The van der Waals surface area contributed by atoms with E-state index < -0.39 is 5.97 Å². The fourth-order valence-electron chi connectivity index (χ4n) is 2.27. The standard InChI is InChI=1S/C15H15N3O3/c19-15(20)12-2-4-14(18-17-12)16-7-5-10-1-3-13-11(9-10)6-8-21-13/h1-4,9H,5-8H2,(H,16,18)(H,19,20). The molecule has 0 bridgehead atoms. The van der Waals surface area contributed by atoms with E-state index in [0.29, 0.717) is 12.4 Å². The Labute approximate surface area is 121 Å². The SMILES string of the molecule is O=C(O)c1ccc(NCCc2ccc3c(c2)CCO3)nn1. The number of nitrogens with zero attached hydrogens (tertiary/aromatic N) is 2. The van der Waals surface area contributed by atoms with E-state index in [1.165, 1.54) is 17.2 Å². The molecule has 2 heterocycles. The average Bonchev–Trinajstić information content (AvgIpc) is 2.95. The number of ether oxygens (including phenoxy) is 1. The summed E-state index contributed by atoms with van der Waals surface area (Å²) >= 11 is 0. The van der Waals surface area contributed by atoms with Gasteiger partial charge in [0.25, 0.3) is 0 Å². The Bertz CT molecular complexity index is 656. The maximum atomic E-state index is 10.7. The second-order valence-electron chi connectivity index (χ2n) is 4.83. The van der Waals surface area contributed by atoms with Gasteiger partial charge in [-0.05, 0) is 35.7 Å². The minimum absolute atomic E-state index is 0.0563. The molecule has 2 aromatic rings. The predicted molar refractivity (Wildman–Crippen MR) is 76.8 cm³/mol. The van der Waals surface area contributed by atoms with Crippen molar-refractivity contribution in [1.82, 2.24) is 10.2 Å². The number of rotatable bonds is 5. The molecular formula is C15H15N3O3. The molecule has 0 saturated heterocycles. The van der Waals surface area contributed by atoms with Crippen LogP contribution in [0.3, 0.4) is 0 Å². The quantitative estimate of drug-likeness (QED) is 0.871. The van der Waals surface area contributed by atoms with E-state index in [1.807, 2.05) is 6.07 Å². The monoisotopic (exact) mass is 285 g/mol. The molecule has 0 atom stereocenters. The maximum absolute atomic E-state index is 10.7. The summed E-state index contributed by atoms with van der Waals surface area (Å²) < 4.78 is 5.48. The number of carboxylic acids is 1. The van der Waals surface area contributed by atoms with Crippen molar-refractivity contribution in [3.05, 3.63) is 47.2 Å². The number of benzene rings is 1. The van der Waals surface area contributed by atoms with Crippen molar-refractivity contribution in [1.29, 1.82) is 0 Å². The normalized spacial score (nSPS) is 12.6. The lowest BCUT2D eigenvalue weighted by Gasteiger charge is -2.06. The van der Waals surface area contributed by atoms with E-state index in [9.17, 15) is 4.79 Å². The highest BCUT2D eigenvalue weighted by atomic mass is 16.5. The van der Waals surface area contributed by atoms with E-state index in [4.69, 9.17) is 9.84 Å². The first-order valence-electron chi connectivity index (χ1n) is 6.78. The number of carbonyl (C=O) groups is 1. The number of carboxylic acid groups (broad SMARTS) is 1. The molecule has 6 nitrogen and oxygen atoms in total. The molecule has 0 aliphatic carbocycles. The third-order valence-electron chi connectivity index (χ3n) is 3.36. The zero-order chi connectivity index (χ0) is 14.7. The van der Waals surface area contributed by atoms with Crippen molar-refractivity contribution in [3.8, 4) is 5.75 Å². The zero-order valence-electron chi connectivity index (χ0n) is 11.4. The summed E-state index contributed by atoms with van der Waals surface area (Å²) in [7, 11) is 0. The second-order valence-corrected chi connectivity index (χ2v) is 4.83. The van der Waals surface area contributed by atoms with E-state index in [0.717, 1.165) is 25.2 Å². The summed E-state index contributed by atoms with van der Waals surface area (Å²) in [5.74, 6) is 0.487. The summed E-state index contributed by atoms with van der Waals surface area (Å²) in [4.78, 5) is 10.7. The van der Waals surface area contributed by atoms with Crippen LogP contribution < -0.4 is 10.1 Å². The van der Waals surface area contributed by atoms with Gasteiger partial charge in [0.1, 0.15) is 11.6 Å². The second kappa shape index (κ2) is 5.78. The molecule has 1 aromatic heterocycles. The van der Waals surface area contributed by atoms with Gasteiger partial charge in [-0.2, -0.15) is 0 Å². The highest BCUT2D eigenvalue weighted by Crippen LogP contribution is 2.25. The van der Waals surface area contributed by atoms with Gasteiger partial charge in [-0.15, -0.1) is 10.2 Å². The molecule has 0 fully saturated rings. The molecule has 1 aliphatic heterocycles. The van der Waals surface area contributed by atoms with Gasteiger partial charge < -0.3 is 15.2 Å². The third kappa shape index (κ3) is 3.10. The van der Waals surface area contributed by atoms with Gasteiger partial charge in [-0.3, -0.25) is 0 Å². The van der Waals surface area contributed by atoms with Crippen molar-refractivity contribution in [3.63, 3.8) is 0 Å². The number of nitrogens with one attached hydrogen (secondary N) is 1. The van der Waals surface area contributed by atoms with Gasteiger partial charge in [-0.1, -0.05) is 12.1 Å². The number of anilines is 1. The van der Waals surface area contributed by atoms with Crippen LogP contribution in [-0.2, 0) is 12.8 Å². The molecule has 0 radical (unpaired) electrons. The molecule has 0 spiro atoms. The highest BCUT2D eigenvalue weighted by Gasteiger charge is 2.11. The first-order chi connectivity index (χ1) is 10.2. The third-order valence-corrected chi connectivity index (χ3v) is 3.36. The molecule has 0 unspecified atom stereocenters. The topological polar surface area (TPSA) is 84.3 Å². The van der Waals surface area contributed by atoms with Crippen LogP contribution in [0.25, 0.3) is 0 Å². The molecule has 108 valence electrons. The smallest absolute Gasteiger partial charge is 0.356 e. The number of hydrogen-bond acceptors (Lipinski definition) is 5. The summed E-state index contributed by atoms with van der Waals surface area (Å²) in [6, 6.07) is 9.30. The van der Waals surface area contributed by atoms with Crippen molar-refractivity contribution in [2.45, 2.75) is 12.8 Å². The lowest BCUT2D eigenvalue weighted by atomic mass is 10.1. The van der Waals surface area contributed by atoms with Crippen molar-refractivity contribution < 1.29 is 14.6 Å². The van der Waals surface area contributed by atoms with Crippen LogP contribution in [0.15, 0.2) is 30.3 Å². The molecular weight excluding hydrogens is 270 g/mol. The fraction of sp³-hybridized carbons (Fsp3) is 0.267. The van der Waals surface area contributed by atoms with E-state index >= 15 is 0 Å². The van der Waals surface area contributed by atoms with E-state index in [2.05, 4.69) is 27.6 Å². The predicted octanol–water partition coefficient (Wildman–Crippen LogP) is 1.76. The largest absolute Gasteiger partial charge is 0.493 e. The van der Waals surface area contributed by atoms with Crippen molar-refractivity contribution in [2.75, 3.05) is 18.5 Å². The Hall–Kier alpha value is -2.63. The first kappa shape index (κ1) is 13.4.